The summed E-state index contributed by atoms with van der Waals surface area (Å²) >= 11 is 0. The predicted molar refractivity (Wildman–Crippen MR) is 111 cm³/mol. The van der Waals surface area contributed by atoms with E-state index in [4.69, 9.17) is 9.47 Å². The molecule has 1 unspecified atom stereocenters. The van der Waals surface area contributed by atoms with Crippen LogP contribution in [0.15, 0.2) is 36.8 Å². The Hall–Kier alpha value is -3.49. The number of fused-ring (bicyclic) bond motifs is 1. The average Bonchev–Trinajstić information content (AvgIpc) is 3.11. The summed E-state index contributed by atoms with van der Waals surface area (Å²) in [4.78, 5) is 32.5. The number of ether oxygens (including phenoxy) is 2. The number of esters is 2. The van der Waals surface area contributed by atoms with Gasteiger partial charge in [-0.05, 0) is 26.3 Å². The fourth-order valence-corrected chi connectivity index (χ4v) is 3.00. The standard InChI is InChI=1S/C21H25N5O4/c1-13(2)30-18(27)9-17(15-7-5-14(3)6-8-15)25-20-16-10-24-26(11-19(28)29-4)21(16)23-12-22-20/h5-8,10,12-13,17H,9,11H2,1-4H3,(H,22,23,25). The smallest absolute Gasteiger partial charge is 0.327 e. The Morgan fingerprint density at radius 1 is 1.13 bits per heavy atom. The summed E-state index contributed by atoms with van der Waals surface area (Å²) in [6.07, 6.45) is 2.90. The number of methoxy groups -OCH3 is 1. The molecule has 2 heterocycles. The number of nitrogens with one attached hydrogen (secondary N) is 1. The molecule has 9 nitrogen and oxygen atoms in total. The van der Waals surface area contributed by atoms with E-state index < -0.39 is 5.97 Å². The van der Waals surface area contributed by atoms with E-state index in [1.807, 2.05) is 45.0 Å². The number of benzene rings is 1. The summed E-state index contributed by atoms with van der Waals surface area (Å²) in [5.74, 6) is -0.226. The molecule has 3 rings (SSSR count). The van der Waals surface area contributed by atoms with E-state index in [0.29, 0.717) is 16.9 Å². The van der Waals surface area contributed by atoms with Crippen molar-refractivity contribution in [2.75, 3.05) is 12.4 Å². The Kier molecular flexibility index (Phi) is 6.61. The maximum absolute atomic E-state index is 12.4. The highest BCUT2D eigenvalue weighted by Crippen LogP contribution is 2.27. The molecule has 0 fully saturated rings. The summed E-state index contributed by atoms with van der Waals surface area (Å²) in [6.45, 7) is 5.58. The van der Waals surface area contributed by atoms with Crippen LogP contribution in [-0.2, 0) is 25.6 Å². The second-order valence-corrected chi connectivity index (χ2v) is 7.19. The van der Waals surface area contributed by atoms with Crippen molar-refractivity contribution in [1.82, 2.24) is 19.7 Å². The van der Waals surface area contributed by atoms with Crippen molar-refractivity contribution in [3.05, 3.63) is 47.9 Å². The predicted octanol–water partition coefficient (Wildman–Crippen LogP) is 2.80. The summed E-state index contributed by atoms with van der Waals surface area (Å²) < 4.78 is 11.5. The van der Waals surface area contributed by atoms with Crippen molar-refractivity contribution in [2.24, 2.45) is 0 Å². The number of hydrogen-bond donors (Lipinski definition) is 1. The van der Waals surface area contributed by atoms with E-state index in [9.17, 15) is 9.59 Å². The average molecular weight is 411 g/mol. The molecule has 0 aliphatic heterocycles. The molecule has 3 aromatic rings. The van der Waals surface area contributed by atoms with Gasteiger partial charge < -0.3 is 14.8 Å². The first-order valence-corrected chi connectivity index (χ1v) is 9.63. The van der Waals surface area contributed by atoms with Gasteiger partial charge in [-0.25, -0.2) is 14.6 Å². The van der Waals surface area contributed by atoms with Crippen molar-refractivity contribution in [1.29, 1.82) is 0 Å². The first kappa shape index (κ1) is 21.2. The van der Waals surface area contributed by atoms with Crippen molar-refractivity contribution >= 4 is 28.8 Å². The number of rotatable bonds is 8. The van der Waals surface area contributed by atoms with E-state index in [1.165, 1.54) is 18.1 Å². The molecule has 1 N–H and O–H groups in total. The minimum atomic E-state index is -0.429. The van der Waals surface area contributed by atoms with Gasteiger partial charge in [-0.3, -0.25) is 9.59 Å². The molecule has 0 saturated heterocycles. The fourth-order valence-electron chi connectivity index (χ4n) is 3.00. The SMILES string of the molecule is COC(=O)Cn1ncc2c(NC(CC(=O)OC(C)C)c3ccc(C)cc3)ncnc21. The van der Waals surface area contributed by atoms with E-state index in [2.05, 4.69) is 20.4 Å². The second kappa shape index (κ2) is 9.34. The Morgan fingerprint density at radius 2 is 1.87 bits per heavy atom. The zero-order valence-corrected chi connectivity index (χ0v) is 17.5. The Labute approximate surface area is 174 Å². The Morgan fingerprint density at radius 3 is 2.53 bits per heavy atom. The van der Waals surface area contributed by atoms with Crippen molar-refractivity contribution in [3.8, 4) is 0 Å². The highest BCUT2D eigenvalue weighted by Gasteiger charge is 2.21. The molecule has 0 aliphatic carbocycles. The number of aryl methyl sites for hydroxylation is 1. The molecule has 1 aromatic carbocycles. The third-order valence-corrected chi connectivity index (χ3v) is 4.47. The molecule has 158 valence electrons. The molecule has 1 atom stereocenters. The molecule has 0 amide bonds. The number of anilines is 1. The molecule has 0 radical (unpaired) electrons. The lowest BCUT2D eigenvalue weighted by Gasteiger charge is -2.20. The van der Waals surface area contributed by atoms with Gasteiger partial charge in [0, 0.05) is 0 Å². The number of carbonyl (C=O) groups excluding carboxylic acids is 2. The van der Waals surface area contributed by atoms with Crippen LogP contribution in [0.1, 0.15) is 37.4 Å². The second-order valence-electron chi connectivity index (χ2n) is 7.19. The zero-order valence-electron chi connectivity index (χ0n) is 17.5. The van der Waals surface area contributed by atoms with Gasteiger partial charge in [-0.15, -0.1) is 0 Å². The monoisotopic (exact) mass is 411 g/mol. The maximum Gasteiger partial charge on any atom is 0.327 e. The Balaban J connectivity index is 1.91. The van der Waals surface area contributed by atoms with Gasteiger partial charge in [-0.2, -0.15) is 5.10 Å². The quantitative estimate of drug-likeness (QED) is 0.564. The van der Waals surface area contributed by atoms with Gasteiger partial charge in [0.25, 0.3) is 0 Å². The third kappa shape index (κ3) is 5.11. The number of hydrogen-bond acceptors (Lipinski definition) is 8. The van der Waals surface area contributed by atoms with E-state index in [1.54, 1.807) is 6.20 Å². The maximum atomic E-state index is 12.4. The van der Waals surface area contributed by atoms with Crippen molar-refractivity contribution in [3.63, 3.8) is 0 Å². The van der Waals surface area contributed by atoms with Crippen LogP contribution in [0.25, 0.3) is 11.0 Å². The van der Waals surface area contributed by atoms with Gasteiger partial charge in [0.1, 0.15) is 18.7 Å². The van der Waals surface area contributed by atoms with E-state index >= 15 is 0 Å². The number of nitrogens with zero attached hydrogens (tertiary/aromatic N) is 4. The van der Waals surface area contributed by atoms with Crippen molar-refractivity contribution < 1.29 is 19.1 Å². The van der Waals surface area contributed by atoms with Crippen LogP contribution in [0.4, 0.5) is 5.82 Å². The minimum Gasteiger partial charge on any atom is -0.468 e. The molecule has 0 saturated carbocycles. The Bertz CT molecular complexity index is 1030. The molecule has 0 bridgehead atoms. The molecule has 0 aliphatic rings. The molecule has 2 aromatic heterocycles. The molecule has 9 heteroatoms. The topological polar surface area (TPSA) is 108 Å². The van der Waals surface area contributed by atoms with Crippen LogP contribution in [0.5, 0.6) is 0 Å². The first-order chi connectivity index (χ1) is 14.4. The van der Waals surface area contributed by atoms with Gasteiger partial charge in [0.15, 0.2) is 5.65 Å². The zero-order chi connectivity index (χ0) is 21.7. The minimum absolute atomic E-state index is 0.0570. The van der Waals surface area contributed by atoms with Crippen LogP contribution in [-0.4, -0.2) is 44.9 Å². The lowest BCUT2D eigenvalue weighted by Crippen LogP contribution is -2.20. The highest BCUT2D eigenvalue weighted by molar-refractivity contribution is 5.87. The van der Waals surface area contributed by atoms with E-state index in [-0.39, 0.29) is 31.1 Å². The fraction of sp³-hybridized carbons (Fsp3) is 0.381. The van der Waals surface area contributed by atoms with Crippen LogP contribution in [0.3, 0.4) is 0 Å². The lowest BCUT2D eigenvalue weighted by molar-refractivity contribution is -0.147. The molecular formula is C21H25N5O4. The summed E-state index contributed by atoms with van der Waals surface area (Å²) in [5, 5.41) is 8.17. The van der Waals surface area contributed by atoms with Gasteiger partial charge in [-0.1, -0.05) is 29.8 Å². The van der Waals surface area contributed by atoms with Crippen LogP contribution in [0, 0.1) is 6.92 Å². The van der Waals surface area contributed by atoms with Gasteiger partial charge in [0.05, 0.1) is 37.3 Å². The molecule has 30 heavy (non-hydrogen) atoms. The normalized spacial score (nSPS) is 12.0. The number of aromatic nitrogens is 4. The largest absolute Gasteiger partial charge is 0.468 e. The summed E-state index contributed by atoms with van der Waals surface area (Å²) in [5.41, 5.74) is 2.54. The van der Waals surface area contributed by atoms with Gasteiger partial charge >= 0.3 is 11.9 Å². The first-order valence-electron chi connectivity index (χ1n) is 9.63. The lowest BCUT2D eigenvalue weighted by atomic mass is 10.0. The van der Waals surface area contributed by atoms with Crippen LogP contribution in [0.2, 0.25) is 0 Å². The molecule has 0 spiro atoms. The molecular weight excluding hydrogens is 386 g/mol. The van der Waals surface area contributed by atoms with Crippen LogP contribution >= 0.6 is 0 Å². The number of carbonyl (C=O) groups is 2. The summed E-state index contributed by atoms with van der Waals surface area (Å²) in [6, 6.07) is 7.55. The summed E-state index contributed by atoms with van der Waals surface area (Å²) in [7, 11) is 1.32. The van der Waals surface area contributed by atoms with Gasteiger partial charge in [0.2, 0.25) is 0 Å². The third-order valence-electron chi connectivity index (χ3n) is 4.47. The highest BCUT2D eigenvalue weighted by atomic mass is 16.5. The van der Waals surface area contributed by atoms with Crippen LogP contribution < -0.4 is 5.32 Å². The van der Waals surface area contributed by atoms with E-state index in [0.717, 1.165) is 11.1 Å². The van der Waals surface area contributed by atoms with Crippen molar-refractivity contribution in [2.45, 2.75) is 45.9 Å².